The zero-order valence-electron chi connectivity index (χ0n) is 9.73. The number of nitrogens with zero attached hydrogens (tertiary/aromatic N) is 2. The van der Waals surface area contributed by atoms with Gasteiger partial charge in [0, 0.05) is 5.38 Å². The second-order valence-electron chi connectivity index (χ2n) is 3.68. The van der Waals surface area contributed by atoms with Crippen molar-refractivity contribution in [2.24, 2.45) is 0 Å². The minimum atomic E-state index is 0.352. The van der Waals surface area contributed by atoms with Crippen LogP contribution in [-0.2, 0) is 6.42 Å². The number of thiazole rings is 1. The van der Waals surface area contributed by atoms with E-state index >= 15 is 0 Å². The molecule has 0 aliphatic carbocycles. The third-order valence-electron chi connectivity index (χ3n) is 2.40. The van der Waals surface area contributed by atoms with Crippen molar-refractivity contribution in [2.75, 3.05) is 7.11 Å². The summed E-state index contributed by atoms with van der Waals surface area (Å²) in [5.41, 5.74) is 2.95. The molecule has 17 heavy (non-hydrogen) atoms. The van der Waals surface area contributed by atoms with Crippen molar-refractivity contribution in [1.29, 1.82) is 5.26 Å². The van der Waals surface area contributed by atoms with E-state index in [1.165, 1.54) is 11.3 Å². The average Bonchev–Trinajstić information content (AvgIpc) is 2.78. The topological polar surface area (TPSA) is 45.9 Å². The molecule has 0 aliphatic heterocycles. The molecule has 1 aromatic heterocycles. The lowest BCUT2D eigenvalue weighted by Crippen LogP contribution is -1.89. The molecule has 1 heterocycles. The van der Waals surface area contributed by atoms with E-state index in [9.17, 15) is 0 Å². The first kappa shape index (κ1) is 11.6. The van der Waals surface area contributed by atoms with Crippen LogP contribution in [-0.4, -0.2) is 12.1 Å². The van der Waals surface area contributed by atoms with E-state index in [-0.39, 0.29) is 0 Å². The normalized spacial score (nSPS) is 9.94. The number of ether oxygens (including phenoxy) is 1. The predicted octanol–water partition coefficient (Wildman–Crippen LogP) is 3.19. The quantitative estimate of drug-likeness (QED) is 0.833. The zero-order valence-corrected chi connectivity index (χ0v) is 10.5. The maximum atomic E-state index is 8.63. The summed E-state index contributed by atoms with van der Waals surface area (Å²) in [7, 11) is 1.65. The fourth-order valence-corrected chi connectivity index (χ4v) is 2.42. The average molecular weight is 244 g/mol. The summed E-state index contributed by atoms with van der Waals surface area (Å²) in [5.74, 6) is 0.822. The lowest BCUT2D eigenvalue weighted by atomic mass is 10.1. The van der Waals surface area contributed by atoms with Gasteiger partial charge >= 0.3 is 0 Å². The van der Waals surface area contributed by atoms with Crippen molar-refractivity contribution in [3.63, 3.8) is 0 Å². The number of hydrogen-bond donors (Lipinski definition) is 0. The fraction of sp³-hybridized carbons (Fsp3) is 0.231. The molecule has 0 unspecified atom stereocenters. The highest BCUT2D eigenvalue weighted by molar-refractivity contribution is 7.13. The number of benzene rings is 1. The van der Waals surface area contributed by atoms with E-state index in [2.05, 4.69) is 11.1 Å². The first-order valence-electron chi connectivity index (χ1n) is 5.21. The van der Waals surface area contributed by atoms with E-state index < -0.39 is 0 Å². The molecule has 2 rings (SSSR count). The monoisotopic (exact) mass is 244 g/mol. The zero-order chi connectivity index (χ0) is 12.3. The van der Waals surface area contributed by atoms with Gasteiger partial charge in [0.15, 0.2) is 0 Å². The van der Waals surface area contributed by atoms with Crippen molar-refractivity contribution in [3.8, 4) is 22.4 Å². The molecule has 1 aromatic carbocycles. The smallest absolute Gasteiger partial charge is 0.129 e. The van der Waals surface area contributed by atoms with Crippen LogP contribution in [0, 0.1) is 18.3 Å². The molecule has 0 aliphatic rings. The van der Waals surface area contributed by atoms with Gasteiger partial charge in [-0.15, -0.1) is 11.3 Å². The standard InChI is InChI=1S/C13H12N2OS/c1-9-3-4-11(12(7-9)16-2)13-15-10(5-6-14)8-17-13/h3-4,7-8H,5H2,1-2H3. The lowest BCUT2D eigenvalue weighted by molar-refractivity contribution is 0.416. The second-order valence-corrected chi connectivity index (χ2v) is 4.54. The van der Waals surface area contributed by atoms with Crippen LogP contribution in [0.4, 0.5) is 0 Å². The van der Waals surface area contributed by atoms with Gasteiger partial charge in [-0.05, 0) is 24.6 Å². The lowest BCUT2D eigenvalue weighted by Gasteiger charge is -2.06. The molecule has 86 valence electrons. The molecule has 0 saturated carbocycles. The molecule has 0 N–H and O–H groups in total. The molecule has 2 aromatic rings. The van der Waals surface area contributed by atoms with Gasteiger partial charge in [-0.1, -0.05) is 6.07 Å². The van der Waals surface area contributed by atoms with Gasteiger partial charge in [0.05, 0.1) is 30.9 Å². The Kier molecular flexibility index (Phi) is 3.40. The third kappa shape index (κ3) is 2.45. The summed E-state index contributed by atoms with van der Waals surface area (Å²) >= 11 is 1.54. The van der Waals surface area contributed by atoms with Gasteiger partial charge in [0.25, 0.3) is 0 Å². The van der Waals surface area contributed by atoms with Gasteiger partial charge in [0.1, 0.15) is 10.8 Å². The van der Waals surface area contributed by atoms with E-state index in [0.29, 0.717) is 6.42 Å². The minimum Gasteiger partial charge on any atom is -0.496 e. The van der Waals surface area contributed by atoms with Crippen LogP contribution in [0.25, 0.3) is 10.6 Å². The Labute approximate surface area is 104 Å². The molecule has 0 atom stereocenters. The number of nitriles is 1. The molecule has 0 amide bonds. The highest BCUT2D eigenvalue weighted by atomic mass is 32.1. The molecule has 0 spiro atoms. The highest BCUT2D eigenvalue weighted by Crippen LogP contribution is 2.32. The van der Waals surface area contributed by atoms with Gasteiger partial charge in [-0.2, -0.15) is 5.26 Å². The largest absolute Gasteiger partial charge is 0.496 e. The summed E-state index contributed by atoms with van der Waals surface area (Å²) in [6, 6.07) is 8.12. The van der Waals surface area contributed by atoms with Crippen LogP contribution < -0.4 is 4.74 Å². The van der Waals surface area contributed by atoms with Crippen LogP contribution in [0.3, 0.4) is 0 Å². The van der Waals surface area contributed by atoms with Crippen molar-refractivity contribution in [2.45, 2.75) is 13.3 Å². The molecule has 0 radical (unpaired) electrons. The Morgan fingerprint density at radius 1 is 1.47 bits per heavy atom. The van der Waals surface area contributed by atoms with Crippen LogP contribution in [0.1, 0.15) is 11.3 Å². The number of rotatable bonds is 3. The molecular formula is C13H12N2OS. The van der Waals surface area contributed by atoms with Crippen molar-refractivity contribution >= 4 is 11.3 Å². The van der Waals surface area contributed by atoms with Crippen LogP contribution in [0.5, 0.6) is 5.75 Å². The summed E-state index contributed by atoms with van der Waals surface area (Å²) < 4.78 is 5.35. The SMILES string of the molecule is COc1cc(C)ccc1-c1nc(CC#N)cs1. The van der Waals surface area contributed by atoms with Crippen LogP contribution >= 0.6 is 11.3 Å². The number of aryl methyl sites for hydroxylation is 1. The Bertz CT molecular complexity index is 569. The first-order valence-corrected chi connectivity index (χ1v) is 6.09. The van der Waals surface area contributed by atoms with Gasteiger partial charge in [0.2, 0.25) is 0 Å². The Hall–Kier alpha value is -1.86. The van der Waals surface area contributed by atoms with E-state index in [1.807, 2.05) is 30.5 Å². The van der Waals surface area contributed by atoms with Gasteiger partial charge in [-0.3, -0.25) is 0 Å². The molecule has 4 heteroatoms. The van der Waals surface area contributed by atoms with Gasteiger partial charge < -0.3 is 4.74 Å². The second kappa shape index (κ2) is 4.98. The fourth-order valence-electron chi connectivity index (χ4n) is 1.57. The molecule has 0 bridgehead atoms. The van der Waals surface area contributed by atoms with E-state index in [4.69, 9.17) is 10.00 Å². The number of aromatic nitrogens is 1. The maximum absolute atomic E-state index is 8.63. The van der Waals surface area contributed by atoms with Crippen molar-refractivity contribution in [1.82, 2.24) is 4.98 Å². The van der Waals surface area contributed by atoms with E-state index in [1.54, 1.807) is 7.11 Å². The maximum Gasteiger partial charge on any atom is 0.129 e. The molecular weight excluding hydrogens is 232 g/mol. The first-order chi connectivity index (χ1) is 8.24. The summed E-state index contributed by atoms with van der Waals surface area (Å²) in [5, 5.41) is 11.4. The molecule has 0 saturated heterocycles. The van der Waals surface area contributed by atoms with Crippen molar-refractivity contribution < 1.29 is 4.74 Å². The number of methoxy groups -OCH3 is 1. The van der Waals surface area contributed by atoms with Crippen LogP contribution in [0.2, 0.25) is 0 Å². The summed E-state index contributed by atoms with van der Waals surface area (Å²) in [6.45, 7) is 2.02. The Morgan fingerprint density at radius 3 is 3.00 bits per heavy atom. The van der Waals surface area contributed by atoms with Gasteiger partial charge in [-0.25, -0.2) is 4.98 Å². The molecule has 3 nitrogen and oxygen atoms in total. The molecule has 0 fully saturated rings. The predicted molar refractivity (Wildman–Crippen MR) is 68.2 cm³/mol. The number of hydrogen-bond acceptors (Lipinski definition) is 4. The van der Waals surface area contributed by atoms with Crippen molar-refractivity contribution in [3.05, 3.63) is 34.8 Å². The minimum absolute atomic E-state index is 0.352. The Morgan fingerprint density at radius 2 is 2.29 bits per heavy atom. The highest BCUT2D eigenvalue weighted by Gasteiger charge is 2.10. The Balaban J connectivity index is 2.42. The van der Waals surface area contributed by atoms with Crippen LogP contribution in [0.15, 0.2) is 23.6 Å². The summed E-state index contributed by atoms with van der Waals surface area (Å²) in [6.07, 6.45) is 0.352. The summed E-state index contributed by atoms with van der Waals surface area (Å²) in [4.78, 5) is 4.42. The van der Waals surface area contributed by atoms with E-state index in [0.717, 1.165) is 27.6 Å². The third-order valence-corrected chi connectivity index (χ3v) is 3.32.